The zero-order valence-corrected chi connectivity index (χ0v) is 15.9. The number of hydrogen-bond donors (Lipinski definition) is 1. The number of anilines is 1. The Morgan fingerprint density at radius 2 is 1.70 bits per heavy atom. The summed E-state index contributed by atoms with van der Waals surface area (Å²) in [5.74, 6) is -0.348. The molecule has 1 aliphatic carbocycles. The monoisotopic (exact) mass is 394 g/mol. The summed E-state index contributed by atoms with van der Waals surface area (Å²) in [6.07, 6.45) is 0. The van der Waals surface area contributed by atoms with Crippen LogP contribution in [0.5, 0.6) is 0 Å². The number of thiazole rings is 1. The highest BCUT2D eigenvalue weighted by atomic mass is 32.2. The van der Waals surface area contributed by atoms with E-state index in [0.29, 0.717) is 27.9 Å². The average molecular weight is 394 g/mol. The lowest BCUT2D eigenvalue weighted by molar-refractivity contribution is -0.113. The van der Waals surface area contributed by atoms with Gasteiger partial charge in [-0.3, -0.25) is 14.4 Å². The van der Waals surface area contributed by atoms with E-state index in [2.05, 4.69) is 10.3 Å². The number of nitrogens with one attached hydrogen (secondary N) is 1. The third-order valence-corrected chi connectivity index (χ3v) is 6.27. The quantitative estimate of drug-likeness (QED) is 0.530. The van der Waals surface area contributed by atoms with E-state index in [-0.39, 0.29) is 23.2 Å². The van der Waals surface area contributed by atoms with Crippen molar-refractivity contribution in [1.29, 1.82) is 0 Å². The first-order valence-electron chi connectivity index (χ1n) is 8.20. The van der Waals surface area contributed by atoms with Crippen molar-refractivity contribution in [2.75, 3.05) is 11.1 Å². The second kappa shape index (κ2) is 7.09. The topological polar surface area (TPSA) is 76.1 Å². The molecule has 0 aliphatic heterocycles. The fourth-order valence-corrected chi connectivity index (χ4v) is 4.55. The molecule has 1 amide bonds. The summed E-state index contributed by atoms with van der Waals surface area (Å²) >= 11 is 2.86. The van der Waals surface area contributed by atoms with Gasteiger partial charge in [0.15, 0.2) is 15.9 Å². The number of aryl methyl sites for hydroxylation is 1. The van der Waals surface area contributed by atoms with Crippen molar-refractivity contribution in [2.45, 2.75) is 11.3 Å². The van der Waals surface area contributed by atoms with Crippen molar-refractivity contribution in [3.63, 3.8) is 0 Å². The van der Waals surface area contributed by atoms with Crippen molar-refractivity contribution in [2.24, 2.45) is 0 Å². The highest BCUT2D eigenvalue weighted by Gasteiger charge is 2.29. The smallest absolute Gasteiger partial charge is 0.234 e. The van der Waals surface area contributed by atoms with Crippen LogP contribution < -0.4 is 5.32 Å². The zero-order chi connectivity index (χ0) is 19.0. The van der Waals surface area contributed by atoms with Crippen LogP contribution in [0, 0.1) is 6.92 Å². The van der Waals surface area contributed by atoms with Gasteiger partial charge < -0.3 is 5.32 Å². The molecule has 134 valence electrons. The van der Waals surface area contributed by atoms with Crippen LogP contribution in [0.3, 0.4) is 0 Å². The molecule has 1 aliphatic rings. The maximum Gasteiger partial charge on any atom is 0.234 e. The number of nitrogens with zero attached hydrogens (tertiary/aromatic N) is 1. The van der Waals surface area contributed by atoms with Gasteiger partial charge in [0.05, 0.1) is 5.75 Å². The summed E-state index contributed by atoms with van der Waals surface area (Å²) in [4.78, 5) is 41.8. The number of carbonyl (C=O) groups is 3. The molecule has 3 aromatic rings. The number of aromatic nitrogens is 1. The van der Waals surface area contributed by atoms with Gasteiger partial charge in [0.25, 0.3) is 0 Å². The van der Waals surface area contributed by atoms with Crippen molar-refractivity contribution >= 4 is 46.3 Å². The standard InChI is InChI=1S/C20H14N2O3S2/c1-11-9-26-20(21-11)27-10-17(23)22-12-6-7-15-16(8-12)19(25)14-5-3-2-4-13(14)18(15)24/h2-9H,10H2,1H3,(H,22,23). The lowest BCUT2D eigenvalue weighted by Crippen LogP contribution is -2.21. The number of rotatable bonds is 4. The van der Waals surface area contributed by atoms with Crippen LogP contribution >= 0.6 is 23.1 Å². The molecule has 0 atom stereocenters. The van der Waals surface area contributed by atoms with Crippen molar-refractivity contribution < 1.29 is 14.4 Å². The van der Waals surface area contributed by atoms with Gasteiger partial charge in [0.1, 0.15) is 0 Å². The lowest BCUT2D eigenvalue weighted by Gasteiger charge is -2.18. The van der Waals surface area contributed by atoms with Crippen LogP contribution in [-0.2, 0) is 4.79 Å². The van der Waals surface area contributed by atoms with E-state index in [1.807, 2.05) is 12.3 Å². The first-order chi connectivity index (χ1) is 13.0. The normalized spacial score (nSPS) is 12.5. The number of hydrogen-bond acceptors (Lipinski definition) is 6. The Kier molecular flexibility index (Phi) is 4.63. The van der Waals surface area contributed by atoms with Gasteiger partial charge in [-0.15, -0.1) is 11.3 Å². The Bertz CT molecular complexity index is 1090. The van der Waals surface area contributed by atoms with Crippen LogP contribution in [0.4, 0.5) is 5.69 Å². The largest absolute Gasteiger partial charge is 0.325 e. The Labute approximate surface area is 163 Å². The molecular formula is C20H14N2O3S2. The molecule has 27 heavy (non-hydrogen) atoms. The van der Waals surface area contributed by atoms with Crippen LogP contribution in [-0.4, -0.2) is 28.2 Å². The summed E-state index contributed by atoms with van der Waals surface area (Å²) in [5.41, 5.74) is 2.93. The van der Waals surface area contributed by atoms with Crippen LogP contribution in [0.15, 0.2) is 52.2 Å². The maximum absolute atomic E-state index is 12.7. The van der Waals surface area contributed by atoms with Gasteiger partial charge in [-0.2, -0.15) is 0 Å². The maximum atomic E-state index is 12.7. The minimum atomic E-state index is -0.205. The predicted molar refractivity (Wildman–Crippen MR) is 106 cm³/mol. The Balaban J connectivity index is 1.52. The number of amides is 1. The third-order valence-electron chi connectivity index (χ3n) is 4.13. The van der Waals surface area contributed by atoms with Crippen molar-refractivity contribution in [3.05, 3.63) is 75.8 Å². The molecular weight excluding hydrogens is 380 g/mol. The third kappa shape index (κ3) is 3.43. The number of fused-ring (bicyclic) bond motifs is 2. The van der Waals surface area contributed by atoms with Gasteiger partial charge in [-0.05, 0) is 25.1 Å². The highest BCUT2D eigenvalue weighted by molar-refractivity contribution is 8.01. The molecule has 0 bridgehead atoms. The van der Waals surface area contributed by atoms with Gasteiger partial charge in [-0.25, -0.2) is 4.98 Å². The summed E-state index contributed by atoms with van der Waals surface area (Å²) in [7, 11) is 0. The Morgan fingerprint density at radius 1 is 1.04 bits per heavy atom. The lowest BCUT2D eigenvalue weighted by atomic mass is 9.84. The Morgan fingerprint density at radius 3 is 2.37 bits per heavy atom. The number of carbonyl (C=O) groups excluding carboxylic acids is 3. The minimum Gasteiger partial charge on any atom is -0.325 e. The van der Waals surface area contributed by atoms with Crippen molar-refractivity contribution in [3.8, 4) is 0 Å². The molecule has 0 unspecified atom stereocenters. The Hall–Kier alpha value is -2.77. The molecule has 7 heteroatoms. The highest BCUT2D eigenvalue weighted by Crippen LogP contribution is 2.29. The number of benzene rings is 2. The zero-order valence-electron chi connectivity index (χ0n) is 14.3. The summed E-state index contributed by atoms with van der Waals surface area (Å²) < 4.78 is 0.838. The van der Waals surface area contributed by atoms with E-state index in [0.717, 1.165) is 10.0 Å². The van der Waals surface area contributed by atoms with Crippen LogP contribution in [0.25, 0.3) is 0 Å². The molecule has 4 rings (SSSR count). The number of ketones is 2. The van der Waals surface area contributed by atoms with E-state index < -0.39 is 0 Å². The molecule has 5 nitrogen and oxygen atoms in total. The van der Waals surface area contributed by atoms with E-state index in [1.54, 1.807) is 42.5 Å². The van der Waals surface area contributed by atoms with E-state index in [1.165, 1.54) is 23.1 Å². The SMILES string of the molecule is Cc1csc(SCC(=O)Nc2ccc3c(c2)C(=O)c2ccccc2C3=O)n1. The fourth-order valence-electron chi connectivity index (χ4n) is 2.90. The predicted octanol–water partition coefficient (Wildman–Crippen LogP) is 3.96. The first-order valence-corrected chi connectivity index (χ1v) is 10.1. The van der Waals surface area contributed by atoms with Gasteiger partial charge in [-0.1, -0.05) is 36.0 Å². The van der Waals surface area contributed by atoms with Gasteiger partial charge in [0, 0.05) is 39.0 Å². The van der Waals surface area contributed by atoms with Crippen LogP contribution in [0.1, 0.15) is 37.5 Å². The average Bonchev–Trinajstić information content (AvgIpc) is 3.10. The molecule has 1 aromatic heterocycles. The summed E-state index contributed by atoms with van der Waals surface area (Å²) in [6.45, 7) is 1.91. The molecule has 1 heterocycles. The molecule has 1 N–H and O–H groups in total. The molecule has 0 spiro atoms. The summed E-state index contributed by atoms with van der Waals surface area (Å²) in [5, 5.41) is 4.72. The van der Waals surface area contributed by atoms with Gasteiger partial charge in [0.2, 0.25) is 5.91 Å². The van der Waals surface area contributed by atoms with E-state index in [4.69, 9.17) is 0 Å². The number of thioether (sulfide) groups is 1. The molecule has 2 aromatic carbocycles. The second-order valence-electron chi connectivity index (χ2n) is 6.06. The molecule has 0 saturated heterocycles. The fraction of sp³-hybridized carbons (Fsp3) is 0.100. The molecule has 0 saturated carbocycles. The molecule has 0 fully saturated rings. The first kappa shape index (κ1) is 17.6. The van der Waals surface area contributed by atoms with Gasteiger partial charge >= 0.3 is 0 Å². The second-order valence-corrected chi connectivity index (χ2v) is 8.14. The minimum absolute atomic E-state index is 0.173. The summed E-state index contributed by atoms with van der Waals surface area (Å²) in [6, 6.07) is 11.6. The van der Waals surface area contributed by atoms with Crippen LogP contribution in [0.2, 0.25) is 0 Å². The van der Waals surface area contributed by atoms with Crippen molar-refractivity contribution in [1.82, 2.24) is 4.98 Å². The van der Waals surface area contributed by atoms with E-state index in [9.17, 15) is 14.4 Å². The molecule has 0 radical (unpaired) electrons. The van der Waals surface area contributed by atoms with E-state index >= 15 is 0 Å².